The van der Waals surface area contributed by atoms with Gasteiger partial charge in [-0.1, -0.05) is 44.2 Å². The standard InChI is InChI=1S/C17H18N2/c1-3-12-8-7-9-13(4-2)16(12)17-18-14-10-5-6-11-15(14)19-17/h5-11,17H,3-4H2,1-2H3. The van der Waals surface area contributed by atoms with Gasteiger partial charge in [0.05, 0.1) is 10.7 Å². The molecule has 0 aliphatic carbocycles. The Balaban J connectivity index is 2.17. The molecule has 0 N–H and O–H groups in total. The molecule has 1 aliphatic heterocycles. The van der Waals surface area contributed by atoms with E-state index in [9.17, 15) is 0 Å². The third kappa shape index (κ3) is 2.07. The van der Waals surface area contributed by atoms with E-state index in [4.69, 9.17) is 9.98 Å². The van der Waals surface area contributed by atoms with Gasteiger partial charge in [-0.25, -0.2) is 0 Å². The van der Waals surface area contributed by atoms with E-state index in [1.54, 1.807) is 0 Å². The second kappa shape index (κ2) is 4.96. The van der Waals surface area contributed by atoms with Crippen molar-refractivity contribution in [1.82, 2.24) is 0 Å². The third-order valence-electron chi connectivity index (χ3n) is 3.71. The van der Waals surface area contributed by atoms with Crippen LogP contribution in [0, 0.1) is 0 Å². The molecular formula is C17H18N2. The van der Waals surface area contributed by atoms with E-state index >= 15 is 0 Å². The summed E-state index contributed by atoms with van der Waals surface area (Å²) in [6, 6.07) is 14.7. The zero-order valence-corrected chi connectivity index (χ0v) is 11.4. The summed E-state index contributed by atoms with van der Waals surface area (Å²) in [7, 11) is 0. The maximum atomic E-state index is 4.77. The average Bonchev–Trinajstić information content (AvgIpc) is 2.89. The Hall–Kier alpha value is -1.96. The quantitative estimate of drug-likeness (QED) is 0.800. The van der Waals surface area contributed by atoms with Gasteiger partial charge in [0.1, 0.15) is 0 Å². The molecule has 0 unspecified atom stereocenters. The molecule has 1 heterocycles. The summed E-state index contributed by atoms with van der Waals surface area (Å²) in [5.74, 6) is 0. The number of nitrogens with zero attached hydrogens (tertiary/aromatic N) is 2. The van der Waals surface area contributed by atoms with Crippen LogP contribution in [0.4, 0.5) is 0 Å². The van der Waals surface area contributed by atoms with E-state index in [0.717, 1.165) is 23.6 Å². The van der Waals surface area contributed by atoms with Crippen LogP contribution in [-0.4, -0.2) is 0 Å². The summed E-state index contributed by atoms with van der Waals surface area (Å²) < 4.78 is 0. The Labute approximate surface area is 113 Å². The molecule has 2 aromatic carbocycles. The van der Waals surface area contributed by atoms with Gasteiger partial charge in [-0.2, -0.15) is 0 Å². The highest BCUT2D eigenvalue weighted by Gasteiger charge is 2.18. The molecule has 0 atom stereocenters. The molecule has 2 heteroatoms. The molecule has 0 saturated carbocycles. The van der Waals surface area contributed by atoms with Crippen molar-refractivity contribution < 1.29 is 0 Å². The normalized spacial score (nSPS) is 13.8. The first-order valence-electron chi connectivity index (χ1n) is 6.94. The van der Waals surface area contributed by atoms with Crippen LogP contribution >= 0.6 is 0 Å². The second-order valence-corrected chi connectivity index (χ2v) is 4.82. The van der Waals surface area contributed by atoms with Gasteiger partial charge in [0.25, 0.3) is 0 Å². The highest BCUT2D eigenvalue weighted by molar-refractivity contribution is 5.38. The molecule has 3 rings (SSSR count). The Morgan fingerprint density at radius 2 is 1.32 bits per heavy atom. The minimum atomic E-state index is -0.0523. The van der Waals surface area contributed by atoms with Gasteiger partial charge in [-0.15, -0.1) is 0 Å². The van der Waals surface area contributed by atoms with Crippen LogP contribution < -0.4 is 10.7 Å². The van der Waals surface area contributed by atoms with Gasteiger partial charge >= 0.3 is 0 Å². The fraction of sp³-hybridized carbons (Fsp3) is 0.294. The summed E-state index contributed by atoms with van der Waals surface area (Å²) in [6.07, 6.45) is 2.01. The maximum Gasteiger partial charge on any atom is 0.167 e. The molecule has 19 heavy (non-hydrogen) atoms. The van der Waals surface area contributed by atoms with Crippen molar-refractivity contribution in [3.63, 3.8) is 0 Å². The fourth-order valence-electron chi connectivity index (χ4n) is 2.72. The summed E-state index contributed by atoms with van der Waals surface area (Å²) in [5.41, 5.74) is 4.04. The molecular weight excluding hydrogens is 232 g/mol. The number of fused-ring (bicyclic) bond motifs is 1. The number of aryl methyl sites for hydroxylation is 2. The summed E-state index contributed by atoms with van der Waals surface area (Å²) in [5, 5.41) is 2.03. The largest absolute Gasteiger partial charge is 0.252 e. The van der Waals surface area contributed by atoms with Crippen molar-refractivity contribution in [1.29, 1.82) is 0 Å². The van der Waals surface area contributed by atoms with E-state index in [-0.39, 0.29) is 6.17 Å². The van der Waals surface area contributed by atoms with E-state index < -0.39 is 0 Å². The maximum absolute atomic E-state index is 4.77. The Morgan fingerprint density at radius 1 is 0.789 bits per heavy atom. The lowest BCUT2D eigenvalue weighted by molar-refractivity contribution is 0.744. The van der Waals surface area contributed by atoms with Crippen molar-refractivity contribution in [2.24, 2.45) is 9.98 Å². The van der Waals surface area contributed by atoms with Crippen LogP contribution in [0.1, 0.15) is 36.7 Å². The van der Waals surface area contributed by atoms with Crippen LogP contribution in [0.2, 0.25) is 0 Å². The summed E-state index contributed by atoms with van der Waals surface area (Å²) in [4.78, 5) is 9.54. The number of hydrogen-bond donors (Lipinski definition) is 0. The van der Waals surface area contributed by atoms with Gasteiger partial charge in [0.15, 0.2) is 6.17 Å². The lowest BCUT2D eigenvalue weighted by atomic mass is 9.96. The Kier molecular flexibility index (Phi) is 3.16. The SMILES string of the molecule is CCc1cccc(CC)c1C1N=c2ccccc2=N1. The second-order valence-electron chi connectivity index (χ2n) is 4.82. The molecule has 0 aromatic heterocycles. The van der Waals surface area contributed by atoms with E-state index in [1.165, 1.54) is 16.7 Å². The average molecular weight is 250 g/mol. The molecule has 0 fully saturated rings. The molecule has 1 aliphatic rings. The lowest BCUT2D eigenvalue weighted by Crippen LogP contribution is -2.19. The number of rotatable bonds is 3. The van der Waals surface area contributed by atoms with Crippen LogP contribution in [0.25, 0.3) is 0 Å². The van der Waals surface area contributed by atoms with Gasteiger partial charge in [0, 0.05) is 5.56 Å². The molecule has 0 bridgehead atoms. The van der Waals surface area contributed by atoms with E-state index in [1.807, 2.05) is 24.3 Å². The van der Waals surface area contributed by atoms with E-state index in [0.29, 0.717) is 0 Å². The van der Waals surface area contributed by atoms with Crippen molar-refractivity contribution in [3.05, 3.63) is 69.9 Å². The highest BCUT2D eigenvalue weighted by atomic mass is 15.0. The number of para-hydroxylation sites is 2. The van der Waals surface area contributed by atoms with Crippen LogP contribution in [0.3, 0.4) is 0 Å². The smallest absolute Gasteiger partial charge is 0.167 e. The van der Waals surface area contributed by atoms with Crippen molar-refractivity contribution in [2.45, 2.75) is 32.9 Å². The first-order valence-corrected chi connectivity index (χ1v) is 6.94. The Bertz CT molecular complexity index is 659. The first-order chi connectivity index (χ1) is 9.33. The third-order valence-corrected chi connectivity index (χ3v) is 3.71. The molecule has 96 valence electrons. The van der Waals surface area contributed by atoms with Gasteiger partial charge in [-0.05, 0) is 36.1 Å². The predicted octanol–water partition coefficient (Wildman–Crippen LogP) is 2.76. The molecule has 0 amide bonds. The van der Waals surface area contributed by atoms with Crippen molar-refractivity contribution >= 4 is 0 Å². The summed E-state index contributed by atoms with van der Waals surface area (Å²) >= 11 is 0. The topological polar surface area (TPSA) is 24.7 Å². The minimum Gasteiger partial charge on any atom is -0.252 e. The van der Waals surface area contributed by atoms with Gasteiger partial charge in [0.2, 0.25) is 0 Å². The molecule has 0 radical (unpaired) electrons. The molecule has 0 saturated heterocycles. The van der Waals surface area contributed by atoms with Crippen LogP contribution in [0.15, 0.2) is 52.4 Å². The fourth-order valence-corrected chi connectivity index (χ4v) is 2.72. The molecule has 2 aromatic rings. The summed E-state index contributed by atoms with van der Waals surface area (Å²) in [6.45, 7) is 4.39. The van der Waals surface area contributed by atoms with Gasteiger partial charge in [-0.3, -0.25) is 9.98 Å². The monoisotopic (exact) mass is 250 g/mol. The van der Waals surface area contributed by atoms with Crippen molar-refractivity contribution in [2.75, 3.05) is 0 Å². The van der Waals surface area contributed by atoms with Gasteiger partial charge < -0.3 is 0 Å². The molecule has 2 nitrogen and oxygen atoms in total. The van der Waals surface area contributed by atoms with Crippen LogP contribution in [0.5, 0.6) is 0 Å². The highest BCUT2D eigenvalue weighted by Crippen LogP contribution is 2.28. The first kappa shape index (κ1) is 12.1. The zero-order chi connectivity index (χ0) is 13.2. The minimum absolute atomic E-state index is 0.0523. The Morgan fingerprint density at radius 3 is 1.79 bits per heavy atom. The number of benzene rings is 2. The molecule has 0 spiro atoms. The van der Waals surface area contributed by atoms with Crippen molar-refractivity contribution in [3.8, 4) is 0 Å². The zero-order valence-electron chi connectivity index (χ0n) is 11.4. The van der Waals surface area contributed by atoms with Crippen LogP contribution in [-0.2, 0) is 12.8 Å². The predicted molar refractivity (Wildman–Crippen MR) is 76.7 cm³/mol. The lowest BCUT2D eigenvalue weighted by Gasteiger charge is -2.15. The number of hydrogen-bond acceptors (Lipinski definition) is 2. The van der Waals surface area contributed by atoms with E-state index in [2.05, 4.69) is 32.0 Å².